The summed E-state index contributed by atoms with van der Waals surface area (Å²) in [7, 11) is 3.82. The Morgan fingerprint density at radius 1 is 1.19 bits per heavy atom. The number of aromatic nitrogens is 1. The van der Waals surface area contributed by atoms with Crippen molar-refractivity contribution in [3.63, 3.8) is 0 Å². The van der Waals surface area contributed by atoms with Crippen LogP contribution in [-0.4, -0.2) is 48.9 Å². The Balaban J connectivity index is 1.37. The first kappa shape index (κ1) is 21.2. The van der Waals surface area contributed by atoms with Crippen LogP contribution < -0.4 is 10.2 Å². The summed E-state index contributed by atoms with van der Waals surface area (Å²) in [5, 5.41) is 2.90. The topological polar surface area (TPSA) is 65.5 Å². The number of carbonyl (C=O) groups is 2. The number of rotatable bonds is 3. The highest BCUT2D eigenvalue weighted by atomic mass is 19.1. The van der Waals surface area contributed by atoms with E-state index in [4.69, 9.17) is 0 Å². The Morgan fingerprint density at radius 2 is 1.94 bits per heavy atom. The van der Waals surface area contributed by atoms with Gasteiger partial charge >= 0.3 is 6.03 Å². The molecule has 8 heteroatoms. The Morgan fingerprint density at radius 3 is 2.65 bits per heavy atom. The number of pyridine rings is 1. The summed E-state index contributed by atoms with van der Waals surface area (Å²) in [5.74, 6) is -0.780. The number of anilines is 1. The van der Waals surface area contributed by atoms with Crippen LogP contribution in [0.25, 0.3) is 0 Å². The molecule has 0 radical (unpaired) electrons. The fourth-order valence-corrected chi connectivity index (χ4v) is 4.54. The van der Waals surface area contributed by atoms with E-state index in [1.807, 2.05) is 37.2 Å². The standard InChI is InChI=1S/C23H26F2N4O2/c1-28(2)21-5-3-4-16(27-21)14-26-22(31)29-8-6-23(7-9-29)12-18-17(20(30)13-23)10-15(24)11-19(18)25/h3-5,10-11H,6-9,12-14H2,1-2H3,(H,26,31). The van der Waals surface area contributed by atoms with Gasteiger partial charge in [-0.2, -0.15) is 0 Å². The largest absolute Gasteiger partial charge is 0.363 e. The van der Waals surface area contributed by atoms with E-state index in [9.17, 15) is 18.4 Å². The first-order chi connectivity index (χ1) is 14.8. The minimum absolute atomic E-state index is 0.163. The Hall–Kier alpha value is -3.03. The van der Waals surface area contributed by atoms with Gasteiger partial charge in [-0.25, -0.2) is 18.6 Å². The molecule has 0 bridgehead atoms. The SMILES string of the molecule is CN(C)c1cccc(CNC(=O)N2CCC3(CC2)CC(=O)c2cc(F)cc(F)c2C3)n1. The number of amides is 2. The monoisotopic (exact) mass is 428 g/mol. The van der Waals surface area contributed by atoms with Gasteiger partial charge in [0.25, 0.3) is 0 Å². The maximum absolute atomic E-state index is 14.3. The summed E-state index contributed by atoms with van der Waals surface area (Å²) in [5.41, 5.74) is 0.865. The van der Waals surface area contributed by atoms with E-state index in [0.717, 1.165) is 23.6 Å². The van der Waals surface area contributed by atoms with Crippen molar-refractivity contribution in [3.05, 3.63) is 58.8 Å². The number of piperidine rings is 1. The number of carbonyl (C=O) groups excluding carboxylic acids is 2. The van der Waals surface area contributed by atoms with Crippen LogP contribution in [0.15, 0.2) is 30.3 Å². The number of benzene rings is 1. The molecule has 2 amide bonds. The molecule has 2 aromatic rings. The molecule has 2 aliphatic rings. The predicted molar refractivity (Wildman–Crippen MR) is 113 cm³/mol. The van der Waals surface area contributed by atoms with Crippen LogP contribution in [0.3, 0.4) is 0 Å². The molecule has 0 atom stereocenters. The number of urea groups is 1. The molecule has 1 saturated heterocycles. The smallest absolute Gasteiger partial charge is 0.317 e. The number of nitrogens with one attached hydrogen (secondary N) is 1. The van der Waals surface area contributed by atoms with E-state index < -0.39 is 11.6 Å². The van der Waals surface area contributed by atoms with Gasteiger partial charge < -0.3 is 15.1 Å². The molecule has 1 aliphatic carbocycles. The number of halogens is 2. The van der Waals surface area contributed by atoms with Crippen LogP contribution >= 0.6 is 0 Å². The second-order valence-electron chi connectivity index (χ2n) is 8.72. The van der Waals surface area contributed by atoms with Crippen molar-refractivity contribution in [2.75, 3.05) is 32.1 Å². The average molecular weight is 428 g/mol. The number of hydrogen-bond acceptors (Lipinski definition) is 4. The van der Waals surface area contributed by atoms with Gasteiger partial charge in [-0.3, -0.25) is 4.79 Å². The van der Waals surface area contributed by atoms with Crippen molar-refractivity contribution in [1.29, 1.82) is 0 Å². The highest BCUT2D eigenvalue weighted by Crippen LogP contribution is 2.44. The van der Waals surface area contributed by atoms with Crippen LogP contribution in [0, 0.1) is 17.0 Å². The van der Waals surface area contributed by atoms with Crippen molar-refractivity contribution in [1.82, 2.24) is 15.2 Å². The maximum Gasteiger partial charge on any atom is 0.317 e. The first-order valence-electron chi connectivity index (χ1n) is 10.4. The number of hydrogen-bond donors (Lipinski definition) is 1. The second kappa shape index (κ2) is 8.24. The molecule has 0 unspecified atom stereocenters. The zero-order chi connectivity index (χ0) is 22.2. The minimum Gasteiger partial charge on any atom is -0.363 e. The van der Waals surface area contributed by atoms with Crippen molar-refractivity contribution in [2.45, 2.75) is 32.2 Å². The van der Waals surface area contributed by atoms with Gasteiger partial charge in [0.1, 0.15) is 17.5 Å². The van der Waals surface area contributed by atoms with E-state index >= 15 is 0 Å². The molecule has 1 aromatic carbocycles. The van der Waals surface area contributed by atoms with Crippen LogP contribution in [0.5, 0.6) is 0 Å². The minimum atomic E-state index is -0.724. The molecule has 4 rings (SSSR count). The van der Waals surface area contributed by atoms with Crippen molar-refractivity contribution >= 4 is 17.6 Å². The Labute approximate surface area is 180 Å². The summed E-state index contributed by atoms with van der Waals surface area (Å²) in [4.78, 5) is 33.3. The molecule has 1 aliphatic heterocycles. The zero-order valence-electron chi connectivity index (χ0n) is 17.8. The third-order valence-electron chi connectivity index (χ3n) is 6.33. The highest BCUT2D eigenvalue weighted by Gasteiger charge is 2.42. The number of Topliss-reactive ketones (excluding diaryl/α,β-unsaturated/α-hetero) is 1. The van der Waals surface area contributed by atoms with Gasteiger partial charge in [0, 0.05) is 45.2 Å². The van der Waals surface area contributed by atoms with Gasteiger partial charge in [-0.1, -0.05) is 6.07 Å². The van der Waals surface area contributed by atoms with E-state index in [0.29, 0.717) is 44.5 Å². The third-order valence-corrected chi connectivity index (χ3v) is 6.33. The van der Waals surface area contributed by atoms with Crippen molar-refractivity contribution in [3.8, 4) is 0 Å². The Kier molecular flexibility index (Phi) is 5.64. The van der Waals surface area contributed by atoms with Crippen LogP contribution in [0.1, 0.15) is 40.9 Å². The van der Waals surface area contributed by atoms with Gasteiger partial charge in [-0.15, -0.1) is 0 Å². The average Bonchev–Trinajstić information content (AvgIpc) is 2.74. The highest BCUT2D eigenvalue weighted by molar-refractivity contribution is 5.99. The van der Waals surface area contributed by atoms with Gasteiger partial charge in [0.05, 0.1) is 12.2 Å². The molecule has 1 spiro atoms. The Bertz CT molecular complexity index is 1020. The molecule has 2 heterocycles. The second-order valence-corrected chi connectivity index (χ2v) is 8.72. The molecular formula is C23H26F2N4O2. The van der Waals surface area contributed by atoms with E-state index in [-0.39, 0.29) is 29.2 Å². The summed E-state index contributed by atoms with van der Waals surface area (Å²) in [6, 6.07) is 7.46. The van der Waals surface area contributed by atoms with E-state index in [1.165, 1.54) is 0 Å². The summed E-state index contributed by atoms with van der Waals surface area (Å²) >= 11 is 0. The number of fused-ring (bicyclic) bond motifs is 1. The van der Waals surface area contributed by atoms with Crippen molar-refractivity contribution < 1.29 is 18.4 Å². The van der Waals surface area contributed by atoms with Gasteiger partial charge in [-0.05, 0) is 48.4 Å². The molecular weight excluding hydrogens is 402 g/mol. The normalized spacial score (nSPS) is 17.4. The summed E-state index contributed by atoms with van der Waals surface area (Å²) in [6.07, 6.45) is 1.88. The molecule has 164 valence electrons. The lowest BCUT2D eigenvalue weighted by Gasteiger charge is -2.44. The lowest BCUT2D eigenvalue weighted by Crippen LogP contribution is -2.49. The molecule has 1 aromatic heterocycles. The lowest BCUT2D eigenvalue weighted by atomic mass is 9.66. The fraction of sp³-hybridized carbons (Fsp3) is 0.435. The number of nitrogens with zero attached hydrogens (tertiary/aromatic N) is 3. The number of likely N-dealkylation sites (tertiary alicyclic amines) is 1. The van der Waals surface area contributed by atoms with Gasteiger partial charge in [0.15, 0.2) is 5.78 Å². The molecule has 6 nitrogen and oxygen atoms in total. The molecule has 1 fully saturated rings. The first-order valence-corrected chi connectivity index (χ1v) is 10.4. The summed E-state index contributed by atoms with van der Waals surface area (Å²) < 4.78 is 27.8. The van der Waals surface area contributed by atoms with Gasteiger partial charge in [0.2, 0.25) is 0 Å². The zero-order valence-corrected chi connectivity index (χ0v) is 17.8. The quantitative estimate of drug-likeness (QED) is 0.812. The van der Waals surface area contributed by atoms with E-state index in [2.05, 4.69) is 10.3 Å². The lowest BCUT2D eigenvalue weighted by molar-refractivity contribution is 0.0729. The van der Waals surface area contributed by atoms with Crippen molar-refractivity contribution in [2.24, 2.45) is 5.41 Å². The number of ketones is 1. The third kappa shape index (κ3) is 4.38. The van der Waals surface area contributed by atoms with E-state index in [1.54, 1.807) is 4.90 Å². The van der Waals surface area contributed by atoms with Crippen LogP contribution in [0.4, 0.5) is 19.4 Å². The molecule has 1 N–H and O–H groups in total. The molecule has 31 heavy (non-hydrogen) atoms. The van der Waals surface area contributed by atoms with Crippen LogP contribution in [-0.2, 0) is 13.0 Å². The summed E-state index contributed by atoms with van der Waals surface area (Å²) in [6.45, 7) is 1.30. The molecule has 0 saturated carbocycles. The maximum atomic E-state index is 14.3. The predicted octanol–water partition coefficient (Wildman–Crippen LogP) is 3.55. The fourth-order valence-electron chi connectivity index (χ4n) is 4.54. The van der Waals surface area contributed by atoms with Crippen LogP contribution in [0.2, 0.25) is 0 Å².